The van der Waals surface area contributed by atoms with E-state index in [1.54, 1.807) is 30.4 Å². The van der Waals surface area contributed by atoms with Crippen LogP contribution in [0.3, 0.4) is 0 Å². The highest BCUT2D eigenvalue weighted by atomic mass is 35.5. The number of hydrogen-bond acceptors (Lipinski definition) is 41. The Morgan fingerprint density at radius 1 is 0.389 bits per heavy atom. The molecular formula is C97H99Cl9N8O35. The Hall–Kier alpha value is -14.7. The third-order valence-corrected chi connectivity index (χ3v) is 19.9. The number of nitrogens with one attached hydrogen (secondary N) is 2. The molecule has 0 bridgehead atoms. The minimum absolute atomic E-state index is 0.00725. The third-order valence-electron chi connectivity index (χ3n) is 18.0. The van der Waals surface area contributed by atoms with Gasteiger partial charge < -0.3 is 48.5 Å². The van der Waals surface area contributed by atoms with Gasteiger partial charge in [-0.25, -0.2) is 77.9 Å². The van der Waals surface area contributed by atoms with E-state index in [9.17, 15) is 129 Å². The fraction of sp³-hybridized carbons (Fsp3) is 0.351. The number of amides is 2. The first-order chi connectivity index (χ1) is 70.3. The molecule has 5 aromatic carbocycles. The quantitative estimate of drug-likeness (QED) is 0.00545. The SMILES string of the molecule is C=CC(=O)NCCNC(=O)C=C.C=CC(=O)OC.CC1(C)CC(N=C=O)CC(C)(CN=C=O)C1.COC(=O)CCC(=O)OC.COC(=O)c1cc(C(=O)OC)cc(C(=O)OC)c1.O=C(Cl)CCC(=O)Cl.O=C(Cl)c1cc(C(=O)Cl)cc(C(=O)Cl)c1.O=C(Cl)c1cccc(C(=O)Cl)c1.O=C(Cl)c1ccccc1C(=O)Cl.O=C1CC(C2CC(=O)OC2=O)C(=O)O1.O=C=NCCCCCCN=C=O.O=C=NCc1cccc(CN=C=O)c1. The molecule has 52 heteroatoms. The van der Waals surface area contributed by atoms with Crippen LogP contribution in [0.5, 0.6) is 0 Å². The smallest absolute Gasteiger partial charge is 0.337 e. The van der Waals surface area contributed by atoms with Gasteiger partial charge in [0.2, 0.25) is 58.8 Å². The molecule has 149 heavy (non-hydrogen) atoms. The molecule has 4 atom stereocenters. The minimum atomic E-state index is -0.846. The standard InChI is InChI=1S/C12H18N2O2.C12H12O6.C10H8N2O2.C9H3Cl3O3.2C8H4Cl2O2.2C8H12N2O2.C8H6O6.C6H10O4.C4H4Cl2O2.C4H6O2/c1-11(2)4-10(14-9-16)5-12(3,6-11)7-13-8-15;1-16-10(13)7-4-8(11(14)17-2)6-9(5-7)12(15)18-3;13-7-11-5-9-2-1-3-10(4-9)6-12-8-14;10-7(13)4-1-5(8(11)14)3-6(2-4)9(12)15;9-7(11)5-2-1-3-6(4-5)8(10)12;9-7(11)5-3-1-2-4-6(5)8(10)12;1-3-7(11)9-5-6-10-8(12)4-2;11-7-9-5-3-1-2-4-6-10-8-12;9-5-1-3(7(11)13-5)4-2-6(10)14-8(4)12;1-9-5(7)3-4-6(8)10-2;5-3(7)1-2-4(6)8;1-3-4(5)6-2/h10H,4-7H2,1-3H3;4-6H,1-3H3;1-4H,5-6H2;1-3H;2*1-4H;3-4H,1-2,5-6H2,(H,9,11)(H,10,12);1-6H2;3-4H,1-2H2;3-4H2,1-2H3;1-2H2;3H,1H2,2H3. The molecule has 1 aliphatic carbocycles. The molecule has 0 aromatic heterocycles. The van der Waals surface area contributed by atoms with Crippen LogP contribution >= 0.6 is 104 Å². The zero-order valence-electron chi connectivity index (χ0n) is 81.0. The van der Waals surface area contributed by atoms with Gasteiger partial charge in [-0.2, -0.15) is 0 Å². The molecule has 800 valence electrons. The molecule has 1 saturated carbocycles. The fourth-order valence-electron chi connectivity index (χ4n) is 11.7. The van der Waals surface area contributed by atoms with E-state index in [0.717, 1.165) is 62.1 Å². The number of cyclic esters (lactones) is 4. The lowest BCUT2D eigenvalue weighted by atomic mass is 9.63. The van der Waals surface area contributed by atoms with Gasteiger partial charge in [0.1, 0.15) is 0 Å². The van der Waals surface area contributed by atoms with Crippen molar-refractivity contribution in [1.82, 2.24) is 10.6 Å². The summed E-state index contributed by atoms with van der Waals surface area (Å²) in [5, 5.41) is -1.00. The van der Waals surface area contributed by atoms with Gasteiger partial charge in [0.15, 0.2) is 0 Å². The first kappa shape index (κ1) is 141. The second-order valence-corrected chi connectivity index (χ2v) is 33.0. The van der Waals surface area contributed by atoms with Crippen LogP contribution in [0.4, 0.5) is 0 Å². The number of unbranched alkanes of at least 4 members (excludes halogenated alkanes) is 3. The summed E-state index contributed by atoms with van der Waals surface area (Å²) < 4.78 is 34.9. The van der Waals surface area contributed by atoms with E-state index >= 15 is 0 Å². The number of halogens is 9. The molecule has 3 aliphatic rings. The lowest BCUT2D eigenvalue weighted by Crippen LogP contribution is -2.39. The van der Waals surface area contributed by atoms with Crippen LogP contribution in [0.25, 0.3) is 0 Å². The normalized spacial score (nSPS) is 13.6. The predicted octanol–water partition coefficient (Wildman–Crippen LogP) is 14.1. The summed E-state index contributed by atoms with van der Waals surface area (Å²) in [6.45, 7) is 19.1. The van der Waals surface area contributed by atoms with E-state index in [4.69, 9.17) is 104 Å². The first-order valence-corrected chi connectivity index (χ1v) is 45.7. The second kappa shape index (κ2) is 82.4. The summed E-state index contributed by atoms with van der Waals surface area (Å²) in [4.78, 5) is 305. The van der Waals surface area contributed by atoms with Gasteiger partial charge in [-0.3, -0.25) is 81.5 Å². The molecule has 5 aromatic rings. The zero-order valence-corrected chi connectivity index (χ0v) is 87.8. The van der Waals surface area contributed by atoms with Crippen LogP contribution in [0.1, 0.15) is 219 Å². The largest absolute Gasteiger partial charge is 0.469 e. The molecule has 3 fully saturated rings. The number of nitrogens with zero attached hydrogens (tertiary/aromatic N) is 6. The van der Waals surface area contributed by atoms with Crippen molar-refractivity contribution in [2.75, 3.05) is 75.4 Å². The topological polar surface area (TPSA) is 633 Å². The van der Waals surface area contributed by atoms with Gasteiger partial charge in [-0.15, -0.1) is 0 Å². The summed E-state index contributed by atoms with van der Waals surface area (Å²) >= 11 is 46.1. The Morgan fingerprint density at radius 3 is 0.993 bits per heavy atom. The molecule has 2 heterocycles. The van der Waals surface area contributed by atoms with Crippen molar-refractivity contribution in [3.05, 3.63) is 214 Å². The van der Waals surface area contributed by atoms with Crippen LogP contribution in [-0.4, -0.2) is 237 Å². The van der Waals surface area contributed by atoms with Crippen LogP contribution in [0, 0.1) is 22.7 Å². The number of carbonyl (C=O) groups is 21. The van der Waals surface area contributed by atoms with Crippen molar-refractivity contribution in [1.29, 1.82) is 0 Å². The van der Waals surface area contributed by atoms with Crippen molar-refractivity contribution in [2.24, 2.45) is 52.6 Å². The van der Waals surface area contributed by atoms with E-state index in [0.29, 0.717) is 45.8 Å². The van der Waals surface area contributed by atoms with Gasteiger partial charge >= 0.3 is 59.7 Å². The number of benzene rings is 5. The number of carbonyl (C=O) groups excluding carboxylic acids is 27. The Kier molecular flexibility index (Phi) is 77.7. The zero-order chi connectivity index (χ0) is 114. The van der Waals surface area contributed by atoms with E-state index in [1.165, 1.54) is 146 Å². The van der Waals surface area contributed by atoms with Crippen LogP contribution in [0.15, 0.2) is 177 Å². The average molecular weight is 2260 g/mol. The first-order valence-electron chi connectivity index (χ1n) is 42.3. The van der Waals surface area contributed by atoms with Crippen molar-refractivity contribution >= 4 is 260 Å². The average Bonchev–Trinajstić information content (AvgIpc) is 1.70. The molecule has 2 aliphatic heterocycles. The summed E-state index contributed by atoms with van der Waals surface area (Å²) in [5.41, 5.74) is 2.85. The maximum atomic E-state index is 11.4. The Labute approximate surface area is 897 Å². The van der Waals surface area contributed by atoms with Crippen LogP contribution < -0.4 is 10.6 Å². The number of rotatable bonds is 37. The molecule has 0 radical (unpaired) electrons. The molecule has 2 amide bonds. The molecule has 0 spiro atoms. The van der Waals surface area contributed by atoms with Crippen molar-refractivity contribution in [3.63, 3.8) is 0 Å². The summed E-state index contributed by atoms with van der Waals surface area (Å²) in [6.07, 6.45) is 19.0. The summed E-state index contributed by atoms with van der Waals surface area (Å²) in [5.74, 6) is -8.17. The second-order valence-electron chi connectivity index (χ2n) is 29.7. The summed E-state index contributed by atoms with van der Waals surface area (Å²) in [6, 6.07) is 26.8. The van der Waals surface area contributed by atoms with Gasteiger partial charge in [0.05, 0.1) is 136 Å². The number of esters is 10. The van der Waals surface area contributed by atoms with Gasteiger partial charge in [0.25, 0.3) is 36.7 Å². The molecule has 2 N–H and O–H groups in total. The lowest BCUT2D eigenvalue weighted by molar-refractivity contribution is -0.158. The highest BCUT2D eigenvalue weighted by Gasteiger charge is 2.48. The van der Waals surface area contributed by atoms with Gasteiger partial charge in [0, 0.05) is 71.0 Å². The number of isocyanates is 6. The van der Waals surface area contributed by atoms with Gasteiger partial charge in [-0.1, -0.05) is 108 Å². The lowest BCUT2D eigenvalue weighted by Gasteiger charge is -2.44. The monoisotopic (exact) mass is 2250 g/mol. The third kappa shape index (κ3) is 67.6. The van der Waals surface area contributed by atoms with Crippen molar-refractivity contribution in [3.8, 4) is 0 Å². The number of aliphatic imine (C=N–C) groups is 6. The van der Waals surface area contributed by atoms with Crippen molar-refractivity contribution < 1.29 is 167 Å². The van der Waals surface area contributed by atoms with Crippen LogP contribution in [-0.2, 0) is 132 Å². The summed E-state index contributed by atoms with van der Waals surface area (Å²) in [7, 11) is 7.46. The Bertz CT molecular complexity index is 5490. The van der Waals surface area contributed by atoms with Crippen molar-refractivity contribution in [2.45, 2.75) is 123 Å². The molecular weight excluding hydrogens is 2160 g/mol. The molecule has 4 unspecified atom stereocenters. The minimum Gasteiger partial charge on any atom is -0.469 e. The molecule has 2 saturated heterocycles. The number of methoxy groups -OCH3 is 6. The highest BCUT2D eigenvalue weighted by Crippen LogP contribution is 2.47. The van der Waals surface area contributed by atoms with E-state index in [2.05, 4.69) is 119 Å². The Morgan fingerprint density at radius 2 is 0.725 bits per heavy atom. The Balaban J connectivity index is -0.000000775. The predicted molar refractivity (Wildman–Crippen MR) is 538 cm³/mol. The highest BCUT2D eigenvalue weighted by molar-refractivity contribution is 6.72. The molecule has 43 nitrogen and oxygen atoms in total. The number of hydrogen-bond donors (Lipinski definition) is 2. The fourth-order valence-corrected chi connectivity index (χ4v) is 12.8. The van der Waals surface area contributed by atoms with Crippen LogP contribution in [0.2, 0.25) is 0 Å². The van der Waals surface area contributed by atoms with E-state index in [1.807, 2.05) is 24.3 Å². The number of ether oxygens (including phenoxy) is 8. The molecule has 8 rings (SSSR count). The maximum Gasteiger partial charge on any atom is 0.337 e. The van der Waals surface area contributed by atoms with E-state index < -0.39 is 119 Å². The van der Waals surface area contributed by atoms with Gasteiger partial charge in [-0.05, 0) is 225 Å². The van der Waals surface area contributed by atoms with E-state index in [-0.39, 0.29) is 123 Å². The maximum absolute atomic E-state index is 11.4.